The molecular weight excluding hydrogens is 338 g/mol. The van der Waals surface area contributed by atoms with Gasteiger partial charge in [-0.05, 0) is 55.8 Å². The van der Waals surface area contributed by atoms with Gasteiger partial charge < -0.3 is 15.4 Å². The van der Waals surface area contributed by atoms with Crippen LogP contribution in [0.4, 0.5) is 11.5 Å². The minimum Gasteiger partial charge on any atom is -0.494 e. The number of hydrogen-bond donors (Lipinski definition) is 2. The monoisotopic (exact) mass is 361 g/mol. The molecule has 0 fully saturated rings. The zero-order valence-corrected chi connectivity index (χ0v) is 15.5. The van der Waals surface area contributed by atoms with Crippen LogP contribution in [-0.4, -0.2) is 17.5 Å². The smallest absolute Gasteiger partial charge is 0.255 e. The SMILES string of the molecule is CCOc1ccc(NC(=O)c2ccnc(NCc3ccc(C)cc3)c2)cc1. The Morgan fingerprint density at radius 2 is 1.78 bits per heavy atom. The molecule has 0 bridgehead atoms. The van der Waals surface area contributed by atoms with Gasteiger partial charge in [-0.1, -0.05) is 29.8 Å². The van der Waals surface area contributed by atoms with E-state index in [2.05, 4.69) is 46.8 Å². The minimum atomic E-state index is -0.181. The highest BCUT2D eigenvalue weighted by atomic mass is 16.5. The number of nitrogens with zero attached hydrogens (tertiary/aromatic N) is 1. The average molecular weight is 361 g/mol. The molecule has 3 aromatic rings. The third-order valence-electron chi connectivity index (χ3n) is 4.04. The van der Waals surface area contributed by atoms with Crippen molar-refractivity contribution in [1.29, 1.82) is 0 Å². The molecule has 0 atom stereocenters. The molecule has 27 heavy (non-hydrogen) atoms. The molecule has 0 aliphatic rings. The summed E-state index contributed by atoms with van der Waals surface area (Å²) >= 11 is 0. The van der Waals surface area contributed by atoms with Gasteiger partial charge in [0.05, 0.1) is 6.61 Å². The fraction of sp³-hybridized carbons (Fsp3) is 0.182. The number of anilines is 2. The van der Waals surface area contributed by atoms with Gasteiger partial charge in [0, 0.05) is 24.0 Å². The molecule has 2 N–H and O–H groups in total. The van der Waals surface area contributed by atoms with E-state index in [1.165, 1.54) is 5.56 Å². The molecule has 0 saturated heterocycles. The third kappa shape index (κ3) is 5.31. The van der Waals surface area contributed by atoms with E-state index >= 15 is 0 Å². The fourth-order valence-electron chi connectivity index (χ4n) is 2.57. The lowest BCUT2D eigenvalue weighted by atomic mass is 10.1. The standard InChI is InChI=1S/C22H23N3O2/c1-3-27-20-10-8-19(9-11-20)25-22(26)18-12-13-23-21(14-18)24-15-17-6-4-16(2)5-7-17/h4-14H,3,15H2,1-2H3,(H,23,24)(H,25,26). The van der Waals surface area contributed by atoms with Gasteiger partial charge in [0.25, 0.3) is 5.91 Å². The summed E-state index contributed by atoms with van der Waals surface area (Å²) in [7, 11) is 0. The molecule has 5 heteroatoms. The maximum absolute atomic E-state index is 12.5. The Morgan fingerprint density at radius 1 is 1.04 bits per heavy atom. The number of aryl methyl sites for hydroxylation is 1. The normalized spacial score (nSPS) is 10.3. The van der Waals surface area contributed by atoms with E-state index in [4.69, 9.17) is 4.74 Å². The van der Waals surface area contributed by atoms with Crippen molar-refractivity contribution in [3.63, 3.8) is 0 Å². The zero-order chi connectivity index (χ0) is 19.1. The van der Waals surface area contributed by atoms with E-state index in [9.17, 15) is 4.79 Å². The lowest BCUT2D eigenvalue weighted by Crippen LogP contribution is -2.12. The minimum absolute atomic E-state index is 0.181. The summed E-state index contributed by atoms with van der Waals surface area (Å²) in [5.41, 5.74) is 3.65. The molecule has 1 heterocycles. The summed E-state index contributed by atoms with van der Waals surface area (Å²) in [4.78, 5) is 16.8. The molecule has 5 nitrogen and oxygen atoms in total. The van der Waals surface area contributed by atoms with Gasteiger partial charge in [0.2, 0.25) is 0 Å². The van der Waals surface area contributed by atoms with E-state index in [0.717, 1.165) is 17.0 Å². The van der Waals surface area contributed by atoms with Crippen molar-refractivity contribution in [1.82, 2.24) is 4.98 Å². The zero-order valence-electron chi connectivity index (χ0n) is 15.5. The molecule has 0 unspecified atom stereocenters. The molecule has 2 aromatic carbocycles. The lowest BCUT2D eigenvalue weighted by molar-refractivity contribution is 0.102. The van der Waals surface area contributed by atoms with Crippen LogP contribution in [-0.2, 0) is 6.54 Å². The number of rotatable bonds is 7. The summed E-state index contributed by atoms with van der Waals surface area (Å²) < 4.78 is 5.41. The van der Waals surface area contributed by atoms with Gasteiger partial charge in [-0.2, -0.15) is 0 Å². The van der Waals surface area contributed by atoms with Crippen LogP contribution >= 0.6 is 0 Å². The predicted molar refractivity (Wildman–Crippen MR) is 108 cm³/mol. The molecular formula is C22H23N3O2. The Balaban J connectivity index is 1.61. The number of amides is 1. The molecule has 3 rings (SSSR count). The Hall–Kier alpha value is -3.34. The summed E-state index contributed by atoms with van der Waals surface area (Å²) in [6, 6.07) is 19.0. The second kappa shape index (κ2) is 8.85. The Bertz CT molecular complexity index is 890. The van der Waals surface area contributed by atoms with Crippen molar-refractivity contribution >= 4 is 17.4 Å². The van der Waals surface area contributed by atoms with E-state index < -0.39 is 0 Å². The number of ether oxygens (including phenoxy) is 1. The number of pyridine rings is 1. The quantitative estimate of drug-likeness (QED) is 0.643. The van der Waals surface area contributed by atoms with Crippen LogP contribution in [0.15, 0.2) is 66.9 Å². The van der Waals surface area contributed by atoms with Gasteiger partial charge in [-0.25, -0.2) is 4.98 Å². The molecule has 0 spiro atoms. The number of benzene rings is 2. The summed E-state index contributed by atoms with van der Waals surface area (Å²) in [5.74, 6) is 1.26. The molecule has 0 radical (unpaired) electrons. The number of nitrogens with one attached hydrogen (secondary N) is 2. The molecule has 1 aromatic heterocycles. The first-order valence-corrected chi connectivity index (χ1v) is 8.94. The van der Waals surface area contributed by atoms with Crippen LogP contribution < -0.4 is 15.4 Å². The summed E-state index contributed by atoms with van der Waals surface area (Å²) in [6.45, 7) is 5.26. The van der Waals surface area contributed by atoms with Crippen LogP contribution in [0.2, 0.25) is 0 Å². The van der Waals surface area contributed by atoms with Crippen LogP contribution in [0, 0.1) is 6.92 Å². The van der Waals surface area contributed by atoms with E-state index in [1.807, 2.05) is 31.2 Å². The largest absolute Gasteiger partial charge is 0.494 e. The van der Waals surface area contributed by atoms with Gasteiger partial charge in [-0.3, -0.25) is 4.79 Å². The molecule has 0 aliphatic carbocycles. The first kappa shape index (κ1) is 18.5. The Kier molecular flexibility index (Phi) is 6.05. The van der Waals surface area contributed by atoms with E-state index in [0.29, 0.717) is 24.5 Å². The molecule has 0 aliphatic heterocycles. The van der Waals surface area contributed by atoms with Crippen LogP contribution in [0.1, 0.15) is 28.4 Å². The van der Waals surface area contributed by atoms with Gasteiger partial charge in [-0.15, -0.1) is 0 Å². The van der Waals surface area contributed by atoms with Crippen molar-refractivity contribution < 1.29 is 9.53 Å². The van der Waals surface area contributed by atoms with Crippen LogP contribution in [0.25, 0.3) is 0 Å². The maximum Gasteiger partial charge on any atom is 0.255 e. The Labute approximate surface area is 159 Å². The number of carbonyl (C=O) groups is 1. The average Bonchev–Trinajstić information content (AvgIpc) is 2.69. The lowest BCUT2D eigenvalue weighted by Gasteiger charge is -2.09. The van der Waals surface area contributed by atoms with Gasteiger partial charge >= 0.3 is 0 Å². The number of hydrogen-bond acceptors (Lipinski definition) is 4. The van der Waals surface area contributed by atoms with E-state index in [-0.39, 0.29) is 5.91 Å². The Morgan fingerprint density at radius 3 is 2.48 bits per heavy atom. The van der Waals surface area contributed by atoms with Crippen LogP contribution in [0.3, 0.4) is 0 Å². The van der Waals surface area contributed by atoms with Crippen molar-refractivity contribution in [3.8, 4) is 5.75 Å². The van der Waals surface area contributed by atoms with Gasteiger partial charge in [0.15, 0.2) is 0 Å². The fourth-order valence-corrected chi connectivity index (χ4v) is 2.57. The molecule has 1 amide bonds. The van der Waals surface area contributed by atoms with Gasteiger partial charge in [0.1, 0.15) is 11.6 Å². The molecule has 138 valence electrons. The number of aromatic nitrogens is 1. The highest BCUT2D eigenvalue weighted by molar-refractivity contribution is 6.04. The predicted octanol–water partition coefficient (Wildman–Crippen LogP) is 4.65. The number of carbonyl (C=O) groups excluding carboxylic acids is 1. The highest BCUT2D eigenvalue weighted by Crippen LogP contribution is 2.17. The summed E-state index contributed by atoms with van der Waals surface area (Å²) in [5, 5.41) is 6.14. The maximum atomic E-state index is 12.5. The highest BCUT2D eigenvalue weighted by Gasteiger charge is 2.08. The second-order valence-corrected chi connectivity index (χ2v) is 6.18. The van der Waals surface area contributed by atoms with Crippen molar-refractivity contribution in [2.75, 3.05) is 17.2 Å². The van der Waals surface area contributed by atoms with E-state index in [1.54, 1.807) is 18.3 Å². The summed E-state index contributed by atoms with van der Waals surface area (Å²) in [6.07, 6.45) is 1.63. The third-order valence-corrected chi connectivity index (χ3v) is 4.04. The first-order chi connectivity index (χ1) is 13.1. The van der Waals surface area contributed by atoms with Crippen molar-refractivity contribution in [2.24, 2.45) is 0 Å². The van der Waals surface area contributed by atoms with Crippen molar-refractivity contribution in [2.45, 2.75) is 20.4 Å². The van der Waals surface area contributed by atoms with Crippen LogP contribution in [0.5, 0.6) is 5.75 Å². The first-order valence-electron chi connectivity index (χ1n) is 8.94. The molecule has 0 saturated carbocycles. The van der Waals surface area contributed by atoms with Crippen molar-refractivity contribution in [3.05, 3.63) is 83.6 Å². The topological polar surface area (TPSA) is 63.2 Å². The second-order valence-electron chi connectivity index (χ2n) is 6.18.